The summed E-state index contributed by atoms with van der Waals surface area (Å²) < 4.78 is 0. The monoisotopic (exact) mass is 282 g/mol. The average Bonchev–Trinajstić information content (AvgIpc) is 2.51. The second-order valence-corrected chi connectivity index (χ2v) is 5.94. The maximum Gasteiger partial charge on any atom is 0.0326 e. The van der Waals surface area contributed by atoms with Crippen LogP contribution in [0.4, 0.5) is 11.4 Å². The number of rotatable bonds is 0. The van der Waals surface area contributed by atoms with Crippen molar-refractivity contribution >= 4 is 54.5 Å². The summed E-state index contributed by atoms with van der Waals surface area (Å²) in [6, 6.07) is 21.0. The van der Waals surface area contributed by atoms with Gasteiger partial charge in [0, 0.05) is 11.4 Å². The van der Waals surface area contributed by atoms with Gasteiger partial charge in [0.25, 0.3) is 0 Å². The van der Waals surface area contributed by atoms with E-state index in [4.69, 9.17) is 11.5 Å². The topological polar surface area (TPSA) is 52.0 Å². The van der Waals surface area contributed by atoms with E-state index in [2.05, 4.69) is 48.5 Å². The second kappa shape index (κ2) is 3.80. The molecule has 104 valence electrons. The minimum Gasteiger partial charge on any atom is -0.399 e. The van der Waals surface area contributed by atoms with Crippen molar-refractivity contribution in [3.63, 3.8) is 0 Å². The zero-order valence-electron chi connectivity index (χ0n) is 11.9. The van der Waals surface area contributed by atoms with Gasteiger partial charge >= 0.3 is 0 Å². The summed E-state index contributed by atoms with van der Waals surface area (Å²) in [5, 5.41) is 9.80. The lowest BCUT2D eigenvalue weighted by atomic mass is 9.89. The normalized spacial score (nSPS) is 12.0. The van der Waals surface area contributed by atoms with Gasteiger partial charge in [0.1, 0.15) is 0 Å². The molecule has 2 nitrogen and oxygen atoms in total. The quantitative estimate of drug-likeness (QED) is 0.241. The molecule has 0 aliphatic carbocycles. The van der Waals surface area contributed by atoms with Gasteiger partial charge in [-0.1, -0.05) is 36.4 Å². The number of benzene rings is 5. The van der Waals surface area contributed by atoms with Crippen LogP contribution in [0.3, 0.4) is 0 Å². The van der Waals surface area contributed by atoms with Gasteiger partial charge in [-0.3, -0.25) is 0 Å². The number of hydrogen-bond acceptors (Lipinski definition) is 2. The Balaban J connectivity index is 2.28. The molecule has 0 heterocycles. The predicted octanol–water partition coefficient (Wildman–Crippen LogP) is 4.90. The van der Waals surface area contributed by atoms with E-state index >= 15 is 0 Å². The van der Waals surface area contributed by atoms with E-state index in [0.717, 1.165) is 11.4 Å². The molecule has 5 aromatic rings. The summed E-state index contributed by atoms with van der Waals surface area (Å²) in [6.07, 6.45) is 0. The molecule has 0 aliphatic rings. The van der Waals surface area contributed by atoms with Gasteiger partial charge < -0.3 is 11.5 Å². The Hall–Kier alpha value is -3.00. The first-order valence-corrected chi connectivity index (χ1v) is 7.37. The highest BCUT2D eigenvalue weighted by atomic mass is 14.5. The van der Waals surface area contributed by atoms with E-state index < -0.39 is 0 Å². The molecule has 0 radical (unpaired) electrons. The standard InChI is InChI=1S/C20H14N2/c21-13-7-11-3-1-5-15-16-6-2-4-12-8-14(22)10-18(20(12)16)17(9-13)19(11)15/h1-10H,21-22H2. The highest BCUT2D eigenvalue weighted by Crippen LogP contribution is 2.41. The van der Waals surface area contributed by atoms with Crippen molar-refractivity contribution < 1.29 is 0 Å². The van der Waals surface area contributed by atoms with E-state index in [1.54, 1.807) is 0 Å². The maximum absolute atomic E-state index is 6.13. The van der Waals surface area contributed by atoms with E-state index in [0.29, 0.717) is 0 Å². The lowest BCUT2D eigenvalue weighted by molar-refractivity contribution is 1.75. The van der Waals surface area contributed by atoms with Crippen LogP contribution in [0.15, 0.2) is 60.7 Å². The van der Waals surface area contributed by atoms with Crippen LogP contribution in [0.2, 0.25) is 0 Å². The van der Waals surface area contributed by atoms with E-state index in [1.165, 1.54) is 43.1 Å². The van der Waals surface area contributed by atoms with Crippen LogP contribution < -0.4 is 11.5 Å². The molecule has 5 aromatic carbocycles. The number of fused-ring (bicyclic) bond motifs is 2. The van der Waals surface area contributed by atoms with Gasteiger partial charge in [0.05, 0.1) is 0 Å². The van der Waals surface area contributed by atoms with Gasteiger partial charge in [-0.2, -0.15) is 0 Å². The Kier molecular flexibility index (Phi) is 2.01. The Bertz CT molecular complexity index is 1090. The predicted molar refractivity (Wildman–Crippen MR) is 96.5 cm³/mol. The zero-order valence-corrected chi connectivity index (χ0v) is 11.9. The molecule has 22 heavy (non-hydrogen) atoms. The summed E-state index contributed by atoms with van der Waals surface area (Å²) in [5.74, 6) is 0. The Morgan fingerprint density at radius 2 is 0.955 bits per heavy atom. The number of hydrogen-bond donors (Lipinski definition) is 2. The molecule has 0 amide bonds. The molecule has 2 heteroatoms. The number of nitrogen functional groups attached to an aromatic ring is 2. The molecule has 0 unspecified atom stereocenters. The SMILES string of the molecule is Nc1cc2cccc3c4cccc5cc(N)cc(c(c1)c23)c54. The van der Waals surface area contributed by atoms with Crippen LogP contribution >= 0.6 is 0 Å². The third-order valence-electron chi connectivity index (χ3n) is 4.58. The van der Waals surface area contributed by atoms with Gasteiger partial charge in [0.2, 0.25) is 0 Å². The van der Waals surface area contributed by atoms with E-state index in [9.17, 15) is 0 Å². The lowest BCUT2D eigenvalue weighted by Crippen LogP contribution is -1.92. The first-order valence-electron chi connectivity index (χ1n) is 7.37. The van der Waals surface area contributed by atoms with Crippen molar-refractivity contribution in [2.24, 2.45) is 0 Å². The number of nitrogens with two attached hydrogens (primary N) is 2. The molecule has 0 fully saturated rings. The molecular formula is C20H14N2. The lowest BCUT2D eigenvalue weighted by Gasteiger charge is -2.15. The molecular weight excluding hydrogens is 268 g/mol. The summed E-state index contributed by atoms with van der Waals surface area (Å²) in [7, 11) is 0. The Labute approximate surface area is 127 Å². The maximum atomic E-state index is 6.13. The average molecular weight is 282 g/mol. The smallest absolute Gasteiger partial charge is 0.0326 e. The van der Waals surface area contributed by atoms with Crippen LogP contribution in [-0.2, 0) is 0 Å². The Morgan fingerprint density at radius 3 is 1.41 bits per heavy atom. The summed E-state index contributed by atoms with van der Waals surface area (Å²) in [5.41, 5.74) is 13.8. The minimum absolute atomic E-state index is 0.787. The molecule has 0 saturated heterocycles. The number of anilines is 2. The van der Waals surface area contributed by atoms with Crippen molar-refractivity contribution in [2.45, 2.75) is 0 Å². The zero-order chi connectivity index (χ0) is 14.8. The first-order chi connectivity index (χ1) is 10.7. The van der Waals surface area contributed by atoms with Gasteiger partial charge in [-0.05, 0) is 67.4 Å². The molecule has 0 bridgehead atoms. The van der Waals surface area contributed by atoms with Crippen molar-refractivity contribution in [1.29, 1.82) is 0 Å². The summed E-state index contributed by atoms with van der Waals surface area (Å²) >= 11 is 0. The second-order valence-electron chi connectivity index (χ2n) is 5.94. The third kappa shape index (κ3) is 1.34. The van der Waals surface area contributed by atoms with Crippen LogP contribution in [-0.4, -0.2) is 0 Å². The van der Waals surface area contributed by atoms with Crippen molar-refractivity contribution in [2.75, 3.05) is 11.5 Å². The third-order valence-corrected chi connectivity index (χ3v) is 4.58. The van der Waals surface area contributed by atoms with E-state index in [1.807, 2.05) is 12.1 Å². The fourth-order valence-electron chi connectivity index (χ4n) is 3.78. The molecule has 0 saturated carbocycles. The van der Waals surface area contributed by atoms with Crippen LogP contribution in [0, 0.1) is 0 Å². The Morgan fingerprint density at radius 1 is 0.500 bits per heavy atom. The summed E-state index contributed by atoms with van der Waals surface area (Å²) in [6.45, 7) is 0. The molecule has 0 aromatic heterocycles. The largest absolute Gasteiger partial charge is 0.399 e. The van der Waals surface area contributed by atoms with Crippen molar-refractivity contribution in [1.82, 2.24) is 0 Å². The van der Waals surface area contributed by atoms with Crippen LogP contribution in [0.25, 0.3) is 43.1 Å². The van der Waals surface area contributed by atoms with Gasteiger partial charge in [-0.15, -0.1) is 0 Å². The molecule has 4 N–H and O–H groups in total. The summed E-state index contributed by atoms with van der Waals surface area (Å²) in [4.78, 5) is 0. The van der Waals surface area contributed by atoms with Crippen molar-refractivity contribution in [3.05, 3.63) is 60.7 Å². The molecule has 0 aliphatic heterocycles. The fourth-order valence-corrected chi connectivity index (χ4v) is 3.78. The van der Waals surface area contributed by atoms with Crippen LogP contribution in [0.5, 0.6) is 0 Å². The highest BCUT2D eigenvalue weighted by Gasteiger charge is 2.13. The first kappa shape index (κ1) is 11.6. The van der Waals surface area contributed by atoms with Gasteiger partial charge in [0.15, 0.2) is 0 Å². The van der Waals surface area contributed by atoms with Crippen LogP contribution in [0.1, 0.15) is 0 Å². The molecule has 0 spiro atoms. The molecule has 5 rings (SSSR count). The molecule has 0 atom stereocenters. The van der Waals surface area contributed by atoms with E-state index in [-0.39, 0.29) is 0 Å². The van der Waals surface area contributed by atoms with Gasteiger partial charge in [-0.25, -0.2) is 0 Å². The minimum atomic E-state index is 0.787. The highest BCUT2D eigenvalue weighted by molar-refractivity contribution is 6.33. The fraction of sp³-hybridized carbons (Fsp3) is 0. The van der Waals surface area contributed by atoms with Crippen molar-refractivity contribution in [3.8, 4) is 0 Å².